The zero-order chi connectivity index (χ0) is 17.8. The number of hydrogen-bond acceptors (Lipinski definition) is 8. The molecule has 1 saturated carbocycles. The van der Waals surface area contributed by atoms with Crippen LogP contribution in [0.1, 0.15) is 25.7 Å². The van der Waals surface area contributed by atoms with E-state index >= 15 is 0 Å². The van der Waals surface area contributed by atoms with Crippen LogP contribution in [0.15, 0.2) is 43.1 Å². The molecular formula is C17H20N8O. The van der Waals surface area contributed by atoms with Crippen LogP contribution in [0.4, 0.5) is 11.8 Å². The van der Waals surface area contributed by atoms with Gasteiger partial charge in [-0.25, -0.2) is 9.67 Å². The predicted octanol–water partition coefficient (Wildman–Crippen LogP) is 1.84. The Morgan fingerprint density at radius 2 is 2.00 bits per heavy atom. The van der Waals surface area contributed by atoms with E-state index in [1.54, 1.807) is 29.5 Å². The second-order valence-electron chi connectivity index (χ2n) is 6.20. The summed E-state index contributed by atoms with van der Waals surface area (Å²) in [6.45, 7) is 0. The van der Waals surface area contributed by atoms with Gasteiger partial charge in [0.2, 0.25) is 11.8 Å². The first-order valence-corrected chi connectivity index (χ1v) is 8.60. The summed E-state index contributed by atoms with van der Waals surface area (Å²) in [5.74, 6) is 2.16. The third-order valence-corrected chi connectivity index (χ3v) is 4.32. The quantitative estimate of drug-likeness (QED) is 0.714. The maximum Gasteiger partial charge on any atom is 0.232 e. The summed E-state index contributed by atoms with van der Waals surface area (Å²) >= 11 is 0. The van der Waals surface area contributed by atoms with Crippen molar-refractivity contribution in [2.75, 3.05) is 11.1 Å². The molecule has 1 aliphatic carbocycles. The molecule has 1 fully saturated rings. The molecule has 9 nitrogen and oxygen atoms in total. The Kier molecular flexibility index (Phi) is 4.59. The molecule has 0 amide bonds. The number of hydrogen-bond donors (Lipinski definition) is 2. The van der Waals surface area contributed by atoms with Crippen molar-refractivity contribution in [1.29, 1.82) is 0 Å². The van der Waals surface area contributed by atoms with E-state index in [0.717, 1.165) is 25.7 Å². The van der Waals surface area contributed by atoms with Crippen LogP contribution < -0.4 is 15.8 Å². The summed E-state index contributed by atoms with van der Waals surface area (Å²) in [4.78, 5) is 16.7. The highest BCUT2D eigenvalue weighted by Gasteiger charge is 2.23. The molecular weight excluding hydrogens is 332 g/mol. The average Bonchev–Trinajstić information content (AvgIpc) is 3.19. The van der Waals surface area contributed by atoms with Crippen molar-refractivity contribution in [2.45, 2.75) is 37.8 Å². The van der Waals surface area contributed by atoms with Crippen molar-refractivity contribution in [3.8, 4) is 11.7 Å². The van der Waals surface area contributed by atoms with E-state index in [1.165, 1.54) is 0 Å². The Labute approximate surface area is 150 Å². The van der Waals surface area contributed by atoms with Gasteiger partial charge in [-0.3, -0.25) is 4.98 Å². The fourth-order valence-electron chi connectivity index (χ4n) is 3.10. The zero-order valence-corrected chi connectivity index (χ0v) is 14.2. The molecule has 4 rings (SSSR count). The summed E-state index contributed by atoms with van der Waals surface area (Å²) in [6, 6.07) is 4.01. The van der Waals surface area contributed by atoms with Gasteiger partial charge in [0.1, 0.15) is 11.9 Å². The first kappa shape index (κ1) is 16.2. The molecule has 0 radical (unpaired) electrons. The number of ether oxygens (including phenoxy) is 1. The first-order valence-electron chi connectivity index (χ1n) is 8.60. The van der Waals surface area contributed by atoms with Gasteiger partial charge in [0.05, 0.1) is 6.20 Å². The van der Waals surface area contributed by atoms with Crippen LogP contribution in [-0.4, -0.2) is 41.9 Å². The van der Waals surface area contributed by atoms with Gasteiger partial charge < -0.3 is 15.8 Å². The van der Waals surface area contributed by atoms with Crippen LogP contribution in [0.5, 0.6) is 5.88 Å². The lowest BCUT2D eigenvalue weighted by molar-refractivity contribution is 0.143. The number of nitrogens with zero attached hydrogens (tertiary/aromatic N) is 6. The number of rotatable bonds is 5. The molecule has 3 N–H and O–H groups in total. The molecule has 9 heteroatoms. The van der Waals surface area contributed by atoms with Gasteiger partial charge in [0, 0.05) is 36.9 Å². The Morgan fingerprint density at radius 3 is 2.73 bits per heavy atom. The van der Waals surface area contributed by atoms with Gasteiger partial charge in [-0.05, 0) is 31.7 Å². The number of aromatic nitrogens is 6. The molecule has 0 aliphatic heterocycles. The van der Waals surface area contributed by atoms with Crippen LogP contribution in [-0.2, 0) is 0 Å². The molecule has 0 atom stereocenters. The molecule has 0 bridgehead atoms. The largest absolute Gasteiger partial charge is 0.473 e. The molecule has 0 spiro atoms. The molecule has 0 aromatic carbocycles. The highest BCUT2D eigenvalue weighted by molar-refractivity contribution is 5.46. The third-order valence-electron chi connectivity index (χ3n) is 4.32. The highest BCUT2D eigenvalue weighted by Crippen LogP contribution is 2.25. The molecule has 3 aromatic heterocycles. The zero-order valence-electron chi connectivity index (χ0n) is 14.2. The lowest BCUT2D eigenvalue weighted by Gasteiger charge is -2.29. The standard InChI is InChI=1S/C17H20N8O/c18-17-23-14(10-15(24-17)25-9-1-6-21-25)22-12-2-4-13(5-3-12)26-16-11-19-7-8-20-16/h1,6-13H,2-5H2,(H3,18,22,23,24). The molecule has 26 heavy (non-hydrogen) atoms. The number of nitrogen functional groups attached to an aromatic ring is 1. The first-order chi connectivity index (χ1) is 12.8. The SMILES string of the molecule is Nc1nc(NC2CCC(Oc3cnccn3)CC2)cc(-n2cccn2)n1. The van der Waals surface area contributed by atoms with Crippen LogP contribution >= 0.6 is 0 Å². The van der Waals surface area contributed by atoms with Crippen LogP contribution in [0.25, 0.3) is 5.82 Å². The van der Waals surface area contributed by atoms with E-state index < -0.39 is 0 Å². The van der Waals surface area contributed by atoms with Crippen molar-refractivity contribution < 1.29 is 4.74 Å². The fourth-order valence-corrected chi connectivity index (χ4v) is 3.10. The van der Waals surface area contributed by atoms with Gasteiger partial charge >= 0.3 is 0 Å². The van der Waals surface area contributed by atoms with Gasteiger partial charge in [-0.2, -0.15) is 15.1 Å². The Hall–Kier alpha value is -3.23. The number of nitrogens with two attached hydrogens (primary N) is 1. The molecule has 1 aliphatic rings. The van der Waals surface area contributed by atoms with Gasteiger partial charge in [0.25, 0.3) is 0 Å². The van der Waals surface area contributed by atoms with E-state index in [1.807, 2.05) is 18.3 Å². The van der Waals surface area contributed by atoms with Crippen molar-refractivity contribution in [1.82, 2.24) is 29.7 Å². The predicted molar refractivity (Wildman–Crippen MR) is 95.9 cm³/mol. The van der Waals surface area contributed by atoms with Crippen LogP contribution in [0.2, 0.25) is 0 Å². The maximum atomic E-state index is 5.88. The van der Waals surface area contributed by atoms with Gasteiger partial charge in [-0.1, -0.05) is 0 Å². The maximum absolute atomic E-state index is 5.88. The highest BCUT2D eigenvalue weighted by atomic mass is 16.5. The van der Waals surface area contributed by atoms with E-state index in [4.69, 9.17) is 10.5 Å². The Balaban J connectivity index is 1.36. The Bertz CT molecular complexity index is 831. The van der Waals surface area contributed by atoms with Crippen molar-refractivity contribution >= 4 is 11.8 Å². The second kappa shape index (κ2) is 7.34. The van der Waals surface area contributed by atoms with Gasteiger partial charge in [-0.15, -0.1) is 0 Å². The minimum atomic E-state index is 0.167. The summed E-state index contributed by atoms with van der Waals surface area (Å²) in [7, 11) is 0. The van der Waals surface area contributed by atoms with E-state index in [2.05, 4.69) is 30.4 Å². The van der Waals surface area contributed by atoms with Crippen LogP contribution in [0, 0.1) is 0 Å². The summed E-state index contributed by atoms with van der Waals surface area (Å²) in [5.41, 5.74) is 5.84. The lowest BCUT2D eigenvalue weighted by Crippen LogP contribution is -2.31. The third kappa shape index (κ3) is 3.88. The minimum absolute atomic E-state index is 0.167. The summed E-state index contributed by atoms with van der Waals surface area (Å²) in [6.07, 6.45) is 12.5. The topological polar surface area (TPSA) is 117 Å². The Morgan fingerprint density at radius 1 is 1.12 bits per heavy atom. The van der Waals surface area contributed by atoms with E-state index in [-0.39, 0.29) is 12.1 Å². The normalized spacial score (nSPS) is 19.8. The van der Waals surface area contributed by atoms with E-state index in [9.17, 15) is 0 Å². The molecule has 0 saturated heterocycles. The number of nitrogens with one attached hydrogen (secondary N) is 1. The van der Waals surface area contributed by atoms with Crippen molar-refractivity contribution in [2.24, 2.45) is 0 Å². The summed E-state index contributed by atoms with van der Waals surface area (Å²) in [5, 5.41) is 7.63. The number of anilines is 2. The molecule has 3 heterocycles. The minimum Gasteiger partial charge on any atom is -0.473 e. The average molecular weight is 352 g/mol. The van der Waals surface area contributed by atoms with Gasteiger partial charge in [0.15, 0.2) is 5.82 Å². The summed E-state index contributed by atoms with van der Waals surface area (Å²) < 4.78 is 7.54. The van der Waals surface area contributed by atoms with Crippen molar-refractivity contribution in [3.63, 3.8) is 0 Å². The van der Waals surface area contributed by atoms with Crippen molar-refractivity contribution in [3.05, 3.63) is 43.1 Å². The monoisotopic (exact) mass is 352 g/mol. The fraction of sp³-hybridized carbons (Fsp3) is 0.353. The van der Waals surface area contributed by atoms with E-state index in [0.29, 0.717) is 23.6 Å². The second-order valence-corrected chi connectivity index (χ2v) is 6.20. The molecule has 0 unspecified atom stereocenters. The lowest BCUT2D eigenvalue weighted by atomic mass is 9.93. The van der Waals surface area contributed by atoms with Crippen LogP contribution in [0.3, 0.4) is 0 Å². The smallest absolute Gasteiger partial charge is 0.232 e. The molecule has 134 valence electrons. The molecule has 3 aromatic rings.